The summed E-state index contributed by atoms with van der Waals surface area (Å²) in [7, 11) is 0. The van der Waals surface area contributed by atoms with Crippen LogP contribution in [-0.4, -0.2) is 15.0 Å². The van der Waals surface area contributed by atoms with Gasteiger partial charge in [-0.25, -0.2) is 4.39 Å². The minimum absolute atomic E-state index is 0.0719. The smallest absolute Gasteiger partial charge is 0.308 e. The number of amides is 1. The summed E-state index contributed by atoms with van der Waals surface area (Å²) in [4.78, 5) is 25.0. The van der Waals surface area contributed by atoms with Gasteiger partial charge in [-0.2, -0.15) is 0 Å². The Kier molecular flexibility index (Phi) is 4.35. The molecule has 1 N–H and O–H groups in total. The normalized spacial score (nSPS) is 10.8. The molecule has 0 aliphatic carbocycles. The van der Waals surface area contributed by atoms with Crippen molar-refractivity contribution in [3.8, 4) is 5.69 Å². The number of aryl methyl sites for hydroxylation is 1. The van der Waals surface area contributed by atoms with Crippen LogP contribution in [0, 0.1) is 19.7 Å². The molecule has 0 fully saturated rings. The standard InChI is InChI=1S/C17H16FN3O2S/c1-11-12(2)24-17(23)21(11)10-16(22)19-14-6-5-13(18)9-15(14)20-7-3-4-8-20/h3-9H,10H2,1-2H3,(H,19,22). The Morgan fingerprint density at radius 2 is 1.96 bits per heavy atom. The monoisotopic (exact) mass is 345 g/mol. The number of nitrogens with zero attached hydrogens (tertiary/aromatic N) is 2. The first-order chi connectivity index (χ1) is 11.5. The molecule has 2 heterocycles. The average molecular weight is 345 g/mol. The SMILES string of the molecule is Cc1sc(=O)n(CC(=O)Nc2ccc(F)cc2-n2cccc2)c1C. The van der Waals surface area contributed by atoms with E-state index in [1.807, 2.05) is 26.0 Å². The zero-order chi connectivity index (χ0) is 17.3. The summed E-state index contributed by atoms with van der Waals surface area (Å²) in [6, 6.07) is 7.77. The summed E-state index contributed by atoms with van der Waals surface area (Å²) in [5.41, 5.74) is 1.79. The highest BCUT2D eigenvalue weighted by Gasteiger charge is 2.14. The van der Waals surface area contributed by atoms with E-state index in [-0.39, 0.29) is 17.3 Å². The molecular formula is C17H16FN3O2S. The van der Waals surface area contributed by atoms with Gasteiger partial charge in [0.25, 0.3) is 0 Å². The second-order valence-corrected chi connectivity index (χ2v) is 6.56. The third-order valence-electron chi connectivity index (χ3n) is 3.79. The largest absolute Gasteiger partial charge is 0.323 e. The van der Waals surface area contributed by atoms with Crippen LogP contribution in [0.4, 0.5) is 10.1 Å². The topological polar surface area (TPSA) is 56.0 Å². The number of anilines is 1. The molecule has 0 atom stereocenters. The lowest BCUT2D eigenvalue weighted by molar-refractivity contribution is -0.116. The van der Waals surface area contributed by atoms with E-state index in [1.165, 1.54) is 22.8 Å². The van der Waals surface area contributed by atoms with Crippen molar-refractivity contribution in [1.29, 1.82) is 0 Å². The van der Waals surface area contributed by atoms with E-state index in [9.17, 15) is 14.0 Å². The van der Waals surface area contributed by atoms with Gasteiger partial charge in [0, 0.05) is 23.0 Å². The molecule has 0 aliphatic heterocycles. The molecule has 0 spiro atoms. The van der Waals surface area contributed by atoms with Crippen molar-refractivity contribution in [2.24, 2.45) is 0 Å². The number of nitrogens with one attached hydrogen (secondary N) is 1. The molecule has 0 aliphatic rings. The summed E-state index contributed by atoms with van der Waals surface area (Å²) in [6.45, 7) is 3.58. The summed E-state index contributed by atoms with van der Waals surface area (Å²) >= 11 is 1.12. The van der Waals surface area contributed by atoms with Crippen LogP contribution in [0.5, 0.6) is 0 Å². The maximum Gasteiger partial charge on any atom is 0.308 e. The third kappa shape index (κ3) is 3.16. The van der Waals surface area contributed by atoms with Crippen LogP contribution in [0.3, 0.4) is 0 Å². The Labute approximate surface area is 142 Å². The first-order valence-electron chi connectivity index (χ1n) is 7.35. The lowest BCUT2D eigenvalue weighted by atomic mass is 10.2. The second-order valence-electron chi connectivity index (χ2n) is 5.40. The Morgan fingerprint density at radius 3 is 2.58 bits per heavy atom. The van der Waals surface area contributed by atoms with Crippen LogP contribution in [0.1, 0.15) is 10.6 Å². The molecule has 2 aromatic heterocycles. The maximum absolute atomic E-state index is 13.6. The first kappa shape index (κ1) is 16.2. The van der Waals surface area contributed by atoms with E-state index in [2.05, 4.69) is 5.32 Å². The molecule has 124 valence electrons. The number of hydrogen-bond donors (Lipinski definition) is 1. The lowest BCUT2D eigenvalue weighted by Gasteiger charge is -2.13. The van der Waals surface area contributed by atoms with Crippen LogP contribution in [-0.2, 0) is 11.3 Å². The molecule has 7 heteroatoms. The van der Waals surface area contributed by atoms with Crippen LogP contribution < -0.4 is 10.2 Å². The predicted octanol–water partition coefficient (Wildman–Crippen LogP) is 3.10. The Bertz CT molecular complexity index is 941. The van der Waals surface area contributed by atoms with Crippen molar-refractivity contribution in [1.82, 2.24) is 9.13 Å². The highest BCUT2D eigenvalue weighted by Crippen LogP contribution is 2.22. The predicted molar refractivity (Wildman–Crippen MR) is 92.4 cm³/mol. The van der Waals surface area contributed by atoms with Gasteiger partial charge in [-0.1, -0.05) is 11.3 Å². The van der Waals surface area contributed by atoms with Crippen molar-refractivity contribution in [2.75, 3.05) is 5.32 Å². The molecule has 0 radical (unpaired) electrons. The average Bonchev–Trinajstić information content (AvgIpc) is 3.14. The Hall–Kier alpha value is -2.67. The van der Waals surface area contributed by atoms with Crippen molar-refractivity contribution < 1.29 is 9.18 Å². The van der Waals surface area contributed by atoms with Crippen LogP contribution >= 0.6 is 11.3 Å². The summed E-state index contributed by atoms with van der Waals surface area (Å²) < 4.78 is 16.7. The molecule has 24 heavy (non-hydrogen) atoms. The van der Waals surface area contributed by atoms with E-state index < -0.39 is 5.82 Å². The van der Waals surface area contributed by atoms with Gasteiger partial charge in [0.1, 0.15) is 12.4 Å². The molecule has 0 saturated carbocycles. The van der Waals surface area contributed by atoms with E-state index in [0.717, 1.165) is 21.9 Å². The Balaban J connectivity index is 1.86. The van der Waals surface area contributed by atoms with Gasteiger partial charge in [-0.05, 0) is 44.2 Å². The molecular weight excluding hydrogens is 329 g/mol. The number of carbonyl (C=O) groups is 1. The Morgan fingerprint density at radius 1 is 1.25 bits per heavy atom. The number of halogens is 1. The summed E-state index contributed by atoms with van der Waals surface area (Å²) in [5, 5.41) is 2.76. The summed E-state index contributed by atoms with van der Waals surface area (Å²) in [5.74, 6) is -0.727. The molecule has 0 saturated heterocycles. The fourth-order valence-electron chi connectivity index (χ4n) is 2.42. The number of rotatable bonds is 4. The lowest BCUT2D eigenvalue weighted by Crippen LogP contribution is -2.25. The van der Waals surface area contributed by atoms with E-state index in [4.69, 9.17) is 0 Å². The second kappa shape index (κ2) is 6.45. The van der Waals surface area contributed by atoms with Crippen molar-refractivity contribution in [3.05, 3.63) is 68.8 Å². The van der Waals surface area contributed by atoms with Gasteiger partial charge in [0.15, 0.2) is 0 Å². The van der Waals surface area contributed by atoms with Gasteiger partial charge in [-0.3, -0.25) is 14.2 Å². The molecule has 0 unspecified atom stereocenters. The molecule has 1 amide bonds. The van der Waals surface area contributed by atoms with E-state index in [0.29, 0.717) is 11.4 Å². The number of aromatic nitrogens is 2. The van der Waals surface area contributed by atoms with Gasteiger partial charge < -0.3 is 9.88 Å². The highest BCUT2D eigenvalue weighted by atomic mass is 32.1. The van der Waals surface area contributed by atoms with E-state index in [1.54, 1.807) is 17.0 Å². The van der Waals surface area contributed by atoms with E-state index >= 15 is 0 Å². The zero-order valence-electron chi connectivity index (χ0n) is 13.2. The highest BCUT2D eigenvalue weighted by molar-refractivity contribution is 7.09. The van der Waals surface area contributed by atoms with Crippen molar-refractivity contribution in [2.45, 2.75) is 20.4 Å². The minimum atomic E-state index is -0.391. The quantitative estimate of drug-likeness (QED) is 0.790. The number of benzene rings is 1. The third-order valence-corrected chi connectivity index (χ3v) is 4.79. The first-order valence-corrected chi connectivity index (χ1v) is 8.17. The van der Waals surface area contributed by atoms with Crippen molar-refractivity contribution in [3.63, 3.8) is 0 Å². The molecule has 3 aromatic rings. The van der Waals surface area contributed by atoms with Gasteiger partial charge in [0.2, 0.25) is 5.91 Å². The fourth-order valence-corrected chi connectivity index (χ4v) is 3.25. The minimum Gasteiger partial charge on any atom is -0.323 e. The van der Waals surface area contributed by atoms with Crippen LogP contribution in [0.2, 0.25) is 0 Å². The number of thiazole rings is 1. The molecule has 1 aromatic carbocycles. The van der Waals surface area contributed by atoms with Gasteiger partial charge in [-0.15, -0.1) is 0 Å². The fraction of sp³-hybridized carbons (Fsp3) is 0.176. The molecule has 3 rings (SSSR count). The van der Waals surface area contributed by atoms with Gasteiger partial charge >= 0.3 is 4.87 Å². The zero-order valence-corrected chi connectivity index (χ0v) is 14.1. The maximum atomic E-state index is 13.6. The van der Waals surface area contributed by atoms with Crippen LogP contribution in [0.25, 0.3) is 5.69 Å². The van der Waals surface area contributed by atoms with Crippen molar-refractivity contribution >= 4 is 22.9 Å². The number of carbonyl (C=O) groups excluding carboxylic acids is 1. The molecule has 0 bridgehead atoms. The van der Waals surface area contributed by atoms with Gasteiger partial charge in [0.05, 0.1) is 11.4 Å². The number of hydrogen-bond acceptors (Lipinski definition) is 3. The molecule has 5 nitrogen and oxygen atoms in total. The van der Waals surface area contributed by atoms with Crippen LogP contribution in [0.15, 0.2) is 47.5 Å². The summed E-state index contributed by atoms with van der Waals surface area (Å²) in [6.07, 6.45) is 3.53.